The number of benzene rings is 2. The van der Waals surface area contributed by atoms with E-state index in [1.54, 1.807) is 0 Å². The van der Waals surface area contributed by atoms with Crippen LogP contribution >= 0.6 is 0 Å². The van der Waals surface area contributed by atoms with Crippen LogP contribution in [0.25, 0.3) is 11.1 Å². The van der Waals surface area contributed by atoms with Crippen molar-refractivity contribution in [2.24, 2.45) is 0 Å². The summed E-state index contributed by atoms with van der Waals surface area (Å²) in [5.74, 6) is -1.15. The van der Waals surface area contributed by atoms with Crippen LogP contribution in [0.15, 0.2) is 72.3 Å². The van der Waals surface area contributed by atoms with E-state index >= 15 is 0 Å². The summed E-state index contributed by atoms with van der Waals surface area (Å²) < 4.78 is 5.45. The zero-order chi connectivity index (χ0) is 19.5. The van der Waals surface area contributed by atoms with Crippen LogP contribution in [0.5, 0.6) is 0 Å². The van der Waals surface area contributed by atoms with Gasteiger partial charge in [0.1, 0.15) is 6.61 Å². The monoisotopic (exact) mass is 375 g/mol. The number of carboxylic acids is 1. The van der Waals surface area contributed by atoms with Gasteiger partial charge < -0.3 is 15.2 Å². The number of allylic oxidation sites excluding steroid dienone is 3. The Morgan fingerprint density at radius 1 is 1.04 bits per heavy atom. The van der Waals surface area contributed by atoms with Crippen molar-refractivity contribution in [3.63, 3.8) is 0 Å². The molecule has 2 aromatic carbocycles. The molecule has 2 N–H and O–H groups in total. The normalized spacial score (nSPS) is 15.9. The molecule has 5 heteroatoms. The first-order valence-electron chi connectivity index (χ1n) is 9.33. The van der Waals surface area contributed by atoms with Gasteiger partial charge in [0.15, 0.2) is 6.04 Å². The van der Waals surface area contributed by atoms with Gasteiger partial charge in [0.05, 0.1) is 0 Å². The third-order valence-corrected chi connectivity index (χ3v) is 5.26. The highest BCUT2D eigenvalue weighted by Crippen LogP contribution is 2.44. The van der Waals surface area contributed by atoms with Crippen molar-refractivity contribution in [3.05, 3.63) is 83.5 Å². The molecule has 0 bridgehead atoms. The molecule has 0 fully saturated rings. The summed E-state index contributed by atoms with van der Waals surface area (Å²) in [6.45, 7) is 0.158. The lowest BCUT2D eigenvalue weighted by molar-refractivity contribution is -0.138. The van der Waals surface area contributed by atoms with Crippen LogP contribution in [0.3, 0.4) is 0 Å². The second-order valence-corrected chi connectivity index (χ2v) is 6.93. The van der Waals surface area contributed by atoms with Crippen LogP contribution in [0.1, 0.15) is 29.9 Å². The van der Waals surface area contributed by atoms with Crippen molar-refractivity contribution in [2.75, 3.05) is 6.61 Å². The maximum Gasteiger partial charge on any atom is 0.408 e. The number of alkyl carbamates (subject to hydrolysis) is 1. The molecule has 2 aliphatic rings. The third kappa shape index (κ3) is 3.43. The molecule has 5 nitrogen and oxygen atoms in total. The molecule has 2 aliphatic carbocycles. The highest BCUT2D eigenvalue weighted by molar-refractivity contribution is 5.83. The van der Waals surface area contributed by atoms with Gasteiger partial charge in [-0.25, -0.2) is 9.59 Å². The lowest BCUT2D eigenvalue weighted by atomic mass is 9.98. The second-order valence-electron chi connectivity index (χ2n) is 6.93. The number of amides is 1. The van der Waals surface area contributed by atoms with Crippen LogP contribution < -0.4 is 5.32 Å². The fourth-order valence-electron chi connectivity index (χ4n) is 3.93. The molecular formula is C23H21NO4. The number of carbonyl (C=O) groups is 2. The van der Waals surface area contributed by atoms with E-state index in [1.807, 2.05) is 54.6 Å². The quantitative estimate of drug-likeness (QED) is 0.766. The number of aliphatic carboxylic acids is 1. The van der Waals surface area contributed by atoms with Gasteiger partial charge >= 0.3 is 12.1 Å². The molecule has 4 rings (SSSR count). The molecule has 0 saturated carbocycles. The number of nitrogens with one attached hydrogen (secondary N) is 1. The van der Waals surface area contributed by atoms with Gasteiger partial charge in [0.2, 0.25) is 0 Å². The minimum atomic E-state index is -1.09. The smallest absolute Gasteiger partial charge is 0.408 e. The Morgan fingerprint density at radius 3 is 2.25 bits per heavy atom. The Hall–Kier alpha value is -3.34. The van der Waals surface area contributed by atoms with Gasteiger partial charge in [0, 0.05) is 5.92 Å². The lowest BCUT2D eigenvalue weighted by Crippen LogP contribution is -2.42. The molecule has 0 aromatic heterocycles. The predicted molar refractivity (Wildman–Crippen MR) is 106 cm³/mol. The topological polar surface area (TPSA) is 75.6 Å². The van der Waals surface area contributed by atoms with E-state index < -0.39 is 18.1 Å². The number of carbonyl (C=O) groups excluding carboxylic acids is 1. The Balaban J connectivity index is 1.46. The number of carboxylic acid groups (broad SMARTS) is 1. The first-order valence-corrected chi connectivity index (χ1v) is 9.33. The zero-order valence-corrected chi connectivity index (χ0v) is 15.3. The van der Waals surface area contributed by atoms with E-state index in [1.165, 1.54) is 0 Å². The lowest BCUT2D eigenvalue weighted by Gasteiger charge is -2.20. The maximum absolute atomic E-state index is 12.3. The van der Waals surface area contributed by atoms with E-state index in [-0.39, 0.29) is 12.5 Å². The average Bonchev–Trinajstić information content (AvgIpc) is 3.05. The number of fused-ring (bicyclic) bond motifs is 3. The molecule has 0 spiro atoms. The summed E-state index contributed by atoms with van der Waals surface area (Å²) in [7, 11) is 0. The van der Waals surface area contributed by atoms with Gasteiger partial charge in [-0.15, -0.1) is 0 Å². The van der Waals surface area contributed by atoms with Gasteiger partial charge in [-0.3, -0.25) is 0 Å². The van der Waals surface area contributed by atoms with Gasteiger partial charge in [-0.1, -0.05) is 66.8 Å². The maximum atomic E-state index is 12.3. The Morgan fingerprint density at radius 2 is 1.68 bits per heavy atom. The average molecular weight is 375 g/mol. The fourth-order valence-corrected chi connectivity index (χ4v) is 3.93. The standard InChI is InChI=1S/C23H21NO4/c25-22(26)21(15-8-2-1-3-9-15)24-23(27)28-14-20-18-12-6-4-10-16(18)17-11-5-7-13-19(17)20/h1-2,4-7,9-13,20-21H,3,8,14H2,(H,24,27)(H,25,26). The van der Waals surface area contributed by atoms with E-state index in [0.717, 1.165) is 22.3 Å². The van der Waals surface area contributed by atoms with Crippen molar-refractivity contribution in [1.29, 1.82) is 0 Å². The predicted octanol–water partition coefficient (Wildman–Crippen LogP) is 4.25. The Labute approximate surface area is 163 Å². The molecule has 0 heterocycles. The first kappa shape index (κ1) is 18.0. The van der Waals surface area contributed by atoms with Crippen molar-refractivity contribution >= 4 is 12.1 Å². The molecular weight excluding hydrogens is 354 g/mol. The van der Waals surface area contributed by atoms with E-state index in [0.29, 0.717) is 18.4 Å². The third-order valence-electron chi connectivity index (χ3n) is 5.26. The number of ether oxygens (including phenoxy) is 1. The van der Waals surface area contributed by atoms with Crippen LogP contribution in [-0.2, 0) is 9.53 Å². The summed E-state index contributed by atoms with van der Waals surface area (Å²) in [5.41, 5.74) is 5.20. The van der Waals surface area contributed by atoms with Crippen LogP contribution in [-0.4, -0.2) is 29.8 Å². The second kappa shape index (κ2) is 7.72. The van der Waals surface area contributed by atoms with Crippen molar-refractivity contribution in [2.45, 2.75) is 24.8 Å². The highest BCUT2D eigenvalue weighted by atomic mass is 16.5. The molecule has 0 radical (unpaired) electrons. The molecule has 142 valence electrons. The van der Waals surface area contributed by atoms with Crippen LogP contribution in [0.2, 0.25) is 0 Å². The van der Waals surface area contributed by atoms with Crippen LogP contribution in [0, 0.1) is 0 Å². The Kier molecular flexibility index (Phi) is 4.98. The van der Waals surface area contributed by atoms with E-state index in [4.69, 9.17) is 4.74 Å². The van der Waals surface area contributed by atoms with E-state index in [9.17, 15) is 14.7 Å². The molecule has 2 aromatic rings. The fraction of sp³-hybridized carbons (Fsp3) is 0.217. The zero-order valence-electron chi connectivity index (χ0n) is 15.3. The number of hydrogen-bond donors (Lipinski definition) is 2. The summed E-state index contributed by atoms with van der Waals surface area (Å²) in [6.07, 6.45) is 6.18. The highest BCUT2D eigenvalue weighted by Gasteiger charge is 2.30. The van der Waals surface area contributed by atoms with E-state index in [2.05, 4.69) is 17.4 Å². The largest absolute Gasteiger partial charge is 0.479 e. The van der Waals surface area contributed by atoms with Crippen LogP contribution in [0.4, 0.5) is 4.79 Å². The molecule has 28 heavy (non-hydrogen) atoms. The number of rotatable bonds is 5. The first-order chi connectivity index (χ1) is 13.6. The molecule has 0 aliphatic heterocycles. The van der Waals surface area contributed by atoms with Gasteiger partial charge in [0.25, 0.3) is 0 Å². The minimum absolute atomic E-state index is 0.0572. The molecule has 0 saturated heterocycles. The van der Waals surface area contributed by atoms with Gasteiger partial charge in [-0.05, 0) is 40.7 Å². The van der Waals surface area contributed by atoms with Crippen molar-refractivity contribution < 1.29 is 19.4 Å². The number of hydrogen-bond acceptors (Lipinski definition) is 3. The molecule has 1 amide bonds. The summed E-state index contributed by atoms with van der Waals surface area (Å²) >= 11 is 0. The van der Waals surface area contributed by atoms with Gasteiger partial charge in [-0.2, -0.15) is 0 Å². The Bertz CT molecular complexity index is 931. The van der Waals surface area contributed by atoms with Crippen molar-refractivity contribution in [1.82, 2.24) is 5.32 Å². The SMILES string of the molecule is O=C(NC(C(=O)O)C1=CCC=CC1)OCC1c2ccccc2-c2ccccc21. The minimum Gasteiger partial charge on any atom is -0.479 e. The molecule has 1 unspecified atom stereocenters. The summed E-state index contributed by atoms with van der Waals surface area (Å²) in [4.78, 5) is 23.9. The summed E-state index contributed by atoms with van der Waals surface area (Å²) in [6, 6.07) is 15.1. The molecule has 1 atom stereocenters. The van der Waals surface area contributed by atoms with Crippen molar-refractivity contribution in [3.8, 4) is 11.1 Å². The summed E-state index contributed by atoms with van der Waals surface area (Å²) in [5, 5.41) is 12.0.